The minimum Gasteiger partial charge on any atom is -0.467 e. The number of carbonyl (C=O) groups is 1. The molecule has 152 valence electrons. The van der Waals surface area contributed by atoms with Crippen molar-refractivity contribution in [3.8, 4) is 0 Å². The number of rotatable bonds is 8. The smallest absolute Gasteiger partial charge is 0.230 e. The van der Waals surface area contributed by atoms with Gasteiger partial charge in [0.05, 0.1) is 18.6 Å². The Balaban J connectivity index is 1.39. The molecular formula is C20H22FN5O2S. The van der Waals surface area contributed by atoms with Crippen LogP contribution >= 0.6 is 11.8 Å². The average Bonchev–Trinajstić information content (AvgIpc) is 3.49. The summed E-state index contributed by atoms with van der Waals surface area (Å²) in [6, 6.07) is 9.85. The molecule has 4 rings (SSSR count). The zero-order chi connectivity index (χ0) is 20.1. The van der Waals surface area contributed by atoms with E-state index in [0.29, 0.717) is 18.2 Å². The molecule has 0 radical (unpaired) electrons. The van der Waals surface area contributed by atoms with Gasteiger partial charge in [-0.2, -0.15) is 0 Å². The molecule has 29 heavy (non-hydrogen) atoms. The number of furan rings is 1. The molecular weight excluding hydrogens is 393 g/mol. The fraction of sp³-hybridized carbons (Fsp3) is 0.350. The molecule has 7 nitrogen and oxygen atoms in total. The number of aromatic nitrogens is 3. The molecule has 1 N–H and O–H groups in total. The van der Waals surface area contributed by atoms with Gasteiger partial charge in [0.15, 0.2) is 5.16 Å². The minimum absolute atomic E-state index is 0.116. The van der Waals surface area contributed by atoms with E-state index in [-0.39, 0.29) is 17.5 Å². The second-order valence-electron chi connectivity index (χ2n) is 6.83. The number of benzene rings is 1. The summed E-state index contributed by atoms with van der Waals surface area (Å²) >= 11 is 1.34. The normalized spacial score (nSPS) is 13.8. The van der Waals surface area contributed by atoms with E-state index in [4.69, 9.17) is 4.42 Å². The summed E-state index contributed by atoms with van der Waals surface area (Å²) in [6.07, 6.45) is 3.93. The lowest BCUT2D eigenvalue weighted by Crippen LogP contribution is -2.25. The first-order chi connectivity index (χ1) is 14.2. The Labute approximate surface area is 172 Å². The Morgan fingerprint density at radius 2 is 1.97 bits per heavy atom. The van der Waals surface area contributed by atoms with E-state index in [1.165, 1.54) is 23.9 Å². The van der Waals surface area contributed by atoms with Gasteiger partial charge >= 0.3 is 0 Å². The van der Waals surface area contributed by atoms with Crippen LogP contribution in [0, 0.1) is 5.82 Å². The molecule has 0 spiro atoms. The molecule has 1 saturated heterocycles. The zero-order valence-electron chi connectivity index (χ0n) is 15.9. The molecule has 1 amide bonds. The predicted octanol–water partition coefficient (Wildman–Crippen LogP) is 3.07. The average molecular weight is 415 g/mol. The predicted molar refractivity (Wildman–Crippen MR) is 108 cm³/mol. The first-order valence-electron chi connectivity index (χ1n) is 9.53. The molecule has 1 aromatic carbocycles. The molecule has 1 fully saturated rings. The van der Waals surface area contributed by atoms with E-state index in [0.717, 1.165) is 43.2 Å². The quantitative estimate of drug-likeness (QED) is 0.570. The fourth-order valence-electron chi connectivity index (χ4n) is 3.22. The van der Waals surface area contributed by atoms with Gasteiger partial charge < -0.3 is 14.6 Å². The van der Waals surface area contributed by atoms with Gasteiger partial charge in [-0.3, -0.25) is 9.36 Å². The fourth-order valence-corrected chi connectivity index (χ4v) is 3.98. The van der Waals surface area contributed by atoms with Crippen LogP contribution in [0.5, 0.6) is 0 Å². The van der Waals surface area contributed by atoms with Crippen LogP contribution in [0.25, 0.3) is 0 Å². The number of hydrogen-bond acceptors (Lipinski definition) is 6. The number of amides is 1. The Hall–Kier alpha value is -2.81. The molecule has 1 aliphatic rings. The van der Waals surface area contributed by atoms with Crippen molar-refractivity contribution in [3.63, 3.8) is 0 Å². The number of anilines is 1. The molecule has 3 aromatic rings. The van der Waals surface area contributed by atoms with Crippen LogP contribution in [0.2, 0.25) is 0 Å². The van der Waals surface area contributed by atoms with Crippen molar-refractivity contribution >= 4 is 23.6 Å². The highest BCUT2D eigenvalue weighted by Gasteiger charge is 2.22. The number of thioether (sulfide) groups is 1. The summed E-state index contributed by atoms with van der Waals surface area (Å²) in [5, 5.41) is 12.2. The van der Waals surface area contributed by atoms with Gasteiger partial charge in [0, 0.05) is 19.6 Å². The largest absolute Gasteiger partial charge is 0.467 e. The topological polar surface area (TPSA) is 76.2 Å². The minimum atomic E-state index is -0.291. The van der Waals surface area contributed by atoms with Crippen molar-refractivity contribution in [1.29, 1.82) is 0 Å². The summed E-state index contributed by atoms with van der Waals surface area (Å²) in [5.74, 6) is 1.44. The highest BCUT2D eigenvalue weighted by atomic mass is 32.2. The van der Waals surface area contributed by atoms with Gasteiger partial charge in [-0.05, 0) is 42.7 Å². The Morgan fingerprint density at radius 1 is 1.17 bits per heavy atom. The van der Waals surface area contributed by atoms with Gasteiger partial charge in [0.2, 0.25) is 11.9 Å². The second-order valence-corrected chi connectivity index (χ2v) is 7.78. The number of hydrogen-bond donors (Lipinski definition) is 1. The van der Waals surface area contributed by atoms with E-state index in [9.17, 15) is 9.18 Å². The third-order valence-electron chi connectivity index (χ3n) is 4.72. The SMILES string of the molecule is O=C(CSc1nnc(N2CCCC2)n1Cc1ccco1)NCc1ccc(F)cc1. The standard InChI is InChI=1S/C20H22FN5O2S/c21-16-7-5-15(6-8-16)12-22-18(27)14-29-20-24-23-19(25-9-1-2-10-25)26(20)13-17-4-3-11-28-17/h3-8,11H,1-2,9-10,12-14H2,(H,22,27). The first-order valence-corrected chi connectivity index (χ1v) is 10.5. The first kappa shape index (κ1) is 19.5. The van der Waals surface area contributed by atoms with Crippen molar-refractivity contribution in [2.45, 2.75) is 31.1 Å². The van der Waals surface area contributed by atoms with Gasteiger partial charge in [0.25, 0.3) is 0 Å². The van der Waals surface area contributed by atoms with Crippen molar-refractivity contribution in [2.75, 3.05) is 23.7 Å². The maximum Gasteiger partial charge on any atom is 0.230 e. The van der Waals surface area contributed by atoms with Gasteiger partial charge in [-0.1, -0.05) is 23.9 Å². The van der Waals surface area contributed by atoms with Crippen LogP contribution in [0.1, 0.15) is 24.2 Å². The van der Waals surface area contributed by atoms with Crippen LogP contribution in [0.3, 0.4) is 0 Å². The van der Waals surface area contributed by atoms with Crippen LogP contribution in [0.15, 0.2) is 52.2 Å². The molecule has 2 aromatic heterocycles. The second kappa shape index (κ2) is 9.13. The van der Waals surface area contributed by atoms with E-state index in [2.05, 4.69) is 20.4 Å². The van der Waals surface area contributed by atoms with Crippen LogP contribution in [-0.2, 0) is 17.9 Å². The van der Waals surface area contributed by atoms with Crippen LogP contribution in [-0.4, -0.2) is 39.5 Å². The highest BCUT2D eigenvalue weighted by Crippen LogP contribution is 2.25. The molecule has 9 heteroatoms. The lowest BCUT2D eigenvalue weighted by Gasteiger charge is -2.17. The third-order valence-corrected chi connectivity index (χ3v) is 5.68. The third kappa shape index (κ3) is 4.97. The zero-order valence-corrected chi connectivity index (χ0v) is 16.7. The molecule has 1 aliphatic heterocycles. The molecule has 0 atom stereocenters. The highest BCUT2D eigenvalue weighted by molar-refractivity contribution is 7.99. The Kier molecular flexibility index (Phi) is 6.14. The van der Waals surface area contributed by atoms with Crippen molar-refractivity contribution in [2.24, 2.45) is 0 Å². The van der Waals surface area contributed by atoms with Crippen molar-refractivity contribution < 1.29 is 13.6 Å². The van der Waals surface area contributed by atoms with Crippen molar-refractivity contribution in [3.05, 3.63) is 59.8 Å². The van der Waals surface area contributed by atoms with Gasteiger partial charge in [0.1, 0.15) is 11.6 Å². The number of halogens is 1. The summed E-state index contributed by atoms with van der Waals surface area (Å²) in [7, 11) is 0. The van der Waals surface area contributed by atoms with Gasteiger partial charge in [-0.25, -0.2) is 4.39 Å². The number of carbonyl (C=O) groups excluding carboxylic acids is 1. The maximum atomic E-state index is 13.0. The summed E-state index contributed by atoms with van der Waals surface area (Å²) in [5.41, 5.74) is 0.849. The molecule has 3 heterocycles. The summed E-state index contributed by atoms with van der Waals surface area (Å²) < 4.78 is 20.5. The molecule has 0 aliphatic carbocycles. The summed E-state index contributed by atoms with van der Waals surface area (Å²) in [4.78, 5) is 14.5. The van der Waals surface area contributed by atoms with Crippen molar-refractivity contribution in [1.82, 2.24) is 20.1 Å². The monoisotopic (exact) mass is 415 g/mol. The number of nitrogens with zero attached hydrogens (tertiary/aromatic N) is 4. The number of nitrogens with one attached hydrogen (secondary N) is 1. The Bertz CT molecular complexity index is 936. The lowest BCUT2D eigenvalue weighted by atomic mass is 10.2. The van der Waals surface area contributed by atoms with E-state index < -0.39 is 0 Å². The van der Waals surface area contributed by atoms with E-state index in [1.807, 2.05) is 16.7 Å². The van der Waals surface area contributed by atoms with E-state index >= 15 is 0 Å². The molecule has 0 saturated carbocycles. The molecule has 0 unspecified atom stereocenters. The molecule has 0 bridgehead atoms. The van der Waals surface area contributed by atoms with Crippen LogP contribution < -0.4 is 10.2 Å². The Morgan fingerprint density at radius 3 is 2.69 bits per heavy atom. The maximum absolute atomic E-state index is 13.0. The summed E-state index contributed by atoms with van der Waals surface area (Å²) in [6.45, 7) is 2.79. The van der Waals surface area contributed by atoms with E-state index in [1.54, 1.807) is 18.4 Å². The van der Waals surface area contributed by atoms with Crippen LogP contribution in [0.4, 0.5) is 10.3 Å². The van der Waals surface area contributed by atoms with Gasteiger partial charge in [-0.15, -0.1) is 10.2 Å². The lowest BCUT2D eigenvalue weighted by molar-refractivity contribution is -0.118.